The largest absolute Gasteiger partial charge is 0.373 e. The number of ether oxygens (including phenoxy) is 1. The third-order valence-corrected chi connectivity index (χ3v) is 2.87. The monoisotopic (exact) mass is 226 g/mol. The van der Waals surface area contributed by atoms with Gasteiger partial charge in [-0.05, 0) is 18.2 Å². The van der Waals surface area contributed by atoms with Crippen molar-refractivity contribution in [2.75, 3.05) is 13.2 Å². The smallest absolute Gasteiger partial charge is 0.124 e. The predicted octanol–water partition coefficient (Wildman–Crippen LogP) is 1.91. The number of nitrogens with zero attached hydrogens (tertiary/aromatic N) is 1. The number of rotatable bonds is 4. The van der Waals surface area contributed by atoms with Crippen LogP contribution in [-0.2, 0) is 11.3 Å². The van der Waals surface area contributed by atoms with Crippen molar-refractivity contribution < 1.29 is 9.13 Å². The quantitative estimate of drug-likeness (QED) is 0.810. The van der Waals surface area contributed by atoms with Crippen molar-refractivity contribution in [3.63, 3.8) is 0 Å². The molecule has 0 aliphatic rings. The van der Waals surface area contributed by atoms with E-state index in [0.29, 0.717) is 19.8 Å². The average Bonchev–Trinajstić information content (AvgIpc) is 2.60. The maximum atomic E-state index is 12.9. The van der Waals surface area contributed by atoms with E-state index >= 15 is 0 Å². The molecular formula is C10H11FN2OS. The van der Waals surface area contributed by atoms with Gasteiger partial charge in [-0.1, -0.05) is 0 Å². The van der Waals surface area contributed by atoms with Crippen LogP contribution >= 0.6 is 11.3 Å². The fourth-order valence-electron chi connectivity index (χ4n) is 1.25. The van der Waals surface area contributed by atoms with Crippen molar-refractivity contribution in [2.24, 2.45) is 5.73 Å². The SMILES string of the molecule is NCCOCc1nc2ccc(F)cc2s1. The van der Waals surface area contributed by atoms with Crippen LogP contribution in [0.2, 0.25) is 0 Å². The summed E-state index contributed by atoms with van der Waals surface area (Å²) in [6.07, 6.45) is 0. The molecule has 0 bridgehead atoms. The highest BCUT2D eigenvalue weighted by molar-refractivity contribution is 7.18. The molecule has 0 spiro atoms. The van der Waals surface area contributed by atoms with Gasteiger partial charge in [0.05, 0.1) is 23.4 Å². The molecule has 0 unspecified atom stereocenters. The number of fused-ring (bicyclic) bond motifs is 1. The van der Waals surface area contributed by atoms with Gasteiger partial charge >= 0.3 is 0 Å². The molecule has 0 aliphatic carbocycles. The minimum Gasteiger partial charge on any atom is -0.373 e. The summed E-state index contributed by atoms with van der Waals surface area (Å²) >= 11 is 1.44. The Morgan fingerprint density at radius 1 is 1.47 bits per heavy atom. The minimum absolute atomic E-state index is 0.236. The van der Waals surface area contributed by atoms with Gasteiger partial charge in [-0.2, -0.15) is 0 Å². The Morgan fingerprint density at radius 3 is 3.13 bits per heavy atom. The molecule has 0 fully saturated rings. The van der Waals surface area contributed by atoms with E-state index in [-0.39, 0.29) is 5.82 Å². The average molecular weight is 226 g/mol. The van der Waals surface area contributed by atoms with E-state index in [1.165, 1.54) is 23.5 Å². The molecule has 1 aromatic carbocycles. The van der Waals surface area contributed by atoms with Gasteiger partial charge in [0.1, 0.15) is 10.8 Å². The molecule has 2 aromatic rings. The first-order chi connectivity index (χ1) is 7.29. The molecule has 1 aromatic heterocycles. The van der Waals surface area contributed by atoms with E-state index in [1.54, 1.807) is 6.07 Å². The molecule has 0 aliphatic heterocycles. The van der Waals surface area contributed by atoms with E-state index in [0.717, 1.165) is 15.2 Å². The first-order valence-corrected chi connectivity index (χ1v) is 5.44. The zero-order chi connectivity index (χ0) is 10.7. The van der Waals surface area contributed by atoms with Crippen molar-refractivity contribution in [1.82, 2.24) is 4.98 Å². The molecule has 5 heteroatoms. The maximum Gasteiger partial charge on any atom is 0.124 e. The van der Waals surface area contributed by atoms with Gasteiger partial charge in [-0.3, -0.25) is 0 Å². The van der Waals surface area contributed by atoms with Gasteiger partial charge in [0, 0.05) is 6.54 Å². The lowest BCUT2D eigenvalue weighted by molar-refractivity contribution is 0.128. The van der Waals surface area contributed by atoms with Crippen LogP contribution in [0.5, 0.6) is 0 Å². The van der Waals surface area contributed by atoms with E-state index in [2.05, 4.69) is 4.98 Å². The number of nitrogens with two attached hydrogens (primary N) is 1. The lowest BCUT2D eigenvalue weighted by Crippen LogP contribution is -2.07. The zero-order valence-electron chi connectivity index (χ0n) is 8.07. The number of hydrogen-bond donors (Lipinski definition) is 1. The second-order valence-corrected chi connectivity index (χ2v) is 4.18. The van der Waals surface area contributed by atoms with Crippen molar-refractivity contribution in [1.29, 1.82) is 0 Å². The molecule has 0 amide bonds. The van der Waals surface area contributed by atoms with Crippen molar-refractivity contribution in [3.05, 3.63) is 29.0 Å². The fraction of sp³-hybridized carbons (Fsp3) is 0.300. The summed E-state index contributed by atoms with van der Waals surface area (Å²) < 4.78 is 19.0. The van der Waals surface area contributed by atoms with Crippen LogP contribution in [0, 0.1) is 5.82 Å². The highest BCUT2D eigenvalue weighted by Gasteiger charge is 2.04. The van der Waals surface area contributed by atoms with Gasteiger partial charge in [0.2, 0.25) is 0 Å². The van der Waals surface area contributed by atoms with Crippen LogP contribution in [0.15, 0.2) is 18.2 Å². The van der Waals surface area contributed by atoms with Gasteiger partial charge in [-0.25, -0.2) is 9.37 Å². The zero-order valence-corrected chi connectivity index (χ0v) is 8.89. The Kier molecular flexibility index (Phi) is 3.25. The molecule has 1 heterocycles. The molecule has 2 N–H and O–H groups in total. The van der Waals surface area contributed by atoms with Gasteiger partial charge in [0.25, 0.3) is 0 Å². The molecule has 0 radical (unpaired) electrons. The Bertz CT molecular complexity index is 458. The summed E-state index contributed by atoms with van der Waals surface area (Å²) in [6.45, 7) is 1.46. The maximum absolute atomic E-state index is 12.9. The topological polar surface area (TPSA) is 48.1 Å². The van der Waals surface area contributed by atoms with E-state index in [1.807, 2.05) is 0 Å². The number of halogens is 1. The molecule has 0 saturated heterocycles. The molecule has 2 rings (SSSR count). The highest BCUT2D eigenvalue weighted by Crippen LogP contribution is 2.23. The van der Waals surface area contributed by atoms with Crippen LogP contribution in [-0.4, -0.2) is 18.1 Å². The van der Waals surface area contributed by atoms with Crippen LogP contribution in [0.4, 0.5) is 4.39 Å². The van der Waals surface area contributed by atoms with Crippen LogP contribution in [0.1, 0.15) is 5.01 Å². The molecule has 0 atom stereocenters. The van der Waals surface area contributed by atoms with Crippen molar-refractivity contribution >= 4 is 21.6 Å². The molecule has 3 nitrogen and oxygen atoms in total. The van der Waals surface area contributed by atoms with Gasteiger partial charge in [-0.15, -0.1) is 11.3 Å². The summed E-state index contributed by atoms with van der Waals surface area (Å²) in [6, 6.07) is 4.57. The number of benzene rings is 1. The van der Waals surface area contributed by atoms with Crippen molar-refractivity contribution in [3.8, 4) is 0 Å². The molecule has 80 valence electrons. The van der Waals surface area contributed by atoms with Crippen molar-refractivity contribution in [2.45, 2.75) is 6.61 Å². The summed E-state index contributed by atoms with van der Waals surface area (Å²) in [5.74, 6) is -0.236. The first-order valence-electron chi connectivity index (χ1n) is 4.62. The summed E-state index contributed by atoms with van der Waals surface area (Å²) in [5, 5.41) is 0.851. The Balaban J connectivity index is 2.16. The Hall–Kier alpha value is -1.04. The third kappa shape index (κ3) is 2.50. The number of hydrogen-bond acceptors (Lipinski definition) is 4. The predicted molar refractivity (Wildman–Crippen MR) is 58.3 cm³/mol. The lowest BCUT2D eigenvalue weighted by atomic mass is 10.3. The Labute approximate surface area is 90.7 Å². The summed E-state index contributed by atoms with van der Waals surface area (Å²) in [5.41, 5.74) is 6.11. The molecule has 0 saturated carbocycles. The number of thiazole rings is 1. The van der Waals surface area contributed by atoms with Gasteiger partial charge in [0.15, 0.2) is 0 Å². The lowest BCUT2D eigenvalue weighted by Gasteiger charge is -1.96. The van der Waals surface area contributed by atoms with Gasteiger partial charge < -0.3 is 10.5 Å². The van der Waals surface area contributed by atoms with Crippen LogP contribution in [0.25, 0.3) is 10.2 Å². The normalized spacial score (nSPS) is 11.1. The molecular weight excluding hydrogens is 215 g/mol. The second kappa shape index (κ2) is 4.65. The highest BCUT2D eigenvalue weighted by atomic mass is 32.1. The van der Waals surface area contributed by atoms with Crippen LogP contribution < -0.4 is 5.73 Å². The van der Waals surface area contributed by atoms with E-state index in [4.69, 9.17) is 10.5 Å². The van der Waals surface area contributed by atoms with E-state index in [9.17, 15) is 4.39 Å². The van der Waals surface area contributed by atoms with E-state index < -0.39 is 0 Å². The number of aromatic nitrogens is 1. The fourth-order valence-corrected chi connectivity index (χ4v) is 2.18. The summed E-state index contributed by atoms with van der Waals surface area (Å²) in [4.78, 5) is 4.31. The third-order valence-electron chi connectivity index (χ3n) is 1.88. The second-order valence-electron chi connectivity index (χ2n) is 3.06. The minimum atomic E-state index is -0.236. The Morgan fingerprint density at radius 2 is 2.33 bits per heavy atom. The van der Waals surface area contributed by atoms with Crippen LogP contribution in [0.3, 0.4) is 0 Å². The summed E-state index contributed by atoms with van der Waals surface area (Å²) in [7, 11) is 0. The first kappa shape index (κ1) is 10.5. The standard InChI is InChI=1S/C10H11FN2OS/c11-7-1-2-8-9(5-7)15-10(13-8)6-14-4-3-12/h1-2,5H,3-4,6,12H2. The molecule has 15 heavy (non-hydrogen) atoms.